The van der Waals surface area contributed by atoms with Gasteiger partial charge < -0.3 is 4.90 Å². The zero-order valence-electron chi connectivity index (χ0n) is 24.6. The first-order valence-corrected chi connectivity index (χ1v) is 15.3. The van der Waals surface area contributed by atoms with E-state index in [2.05, 4.69) is 164 Å². The Hall–Kier alpha value is -4.95. The average molecular weight is 555 g/mol. The van der Waals surface area contributed by atoms with Gasteiger partial charge >= 0.3 is 0 Å². The van der Waals surface area contributed by atoms with Gasteiger partial charge in [0.15, 0.2) is 0 Å². The van der Waals surface area contributed by atoms with Crippen molar-refractivity contribution in [2.24, 2.45) is 10.9 Å². The minimum Gasteiger partial charge on any atom is -0.314 e. The van der Waals surface area contributed by atoms with Crippen LogP contribution >= 0.6 is 0 Å². The van der Waals surface area contributed by atoms with Gasteiger partial charge in [-0.1, -0.05) is 135 Å². The standard InChI is InChI=1S/C41H34N2/c1-41(2)35-20-12-11-19-34(35)39-36(41)27-31-17-9-10-18-33(31)40(39)43(38-26-25-37(42-38)30-15-7-4-8-16-30)32-23-21-29(22-24-32)28-13-5-3-6-14-28/h3-26,36,38H,27H2,1-2H3. The maximum absolute atomic E-state index is 5.37. The van der Waals surface area contributed by atoms with Crippen molar-refractivity contribution in [2.45, 2.75) is 31.8 Å². The number of aliphatic imine (C=N–C) groups is 1. The molecule has 2 heteroatoms. The molecule has 0 N–H and O–H groups in total. The summed E-state index contributed by atoms with van der Waals surface area (Å²) in [5.74, 6) is 0.379. The minimum absolute atomic E-state index is 0.0253. The van der Waals surface area contributed by atoms with Crippen LogP contribution in [0, 0.1) is 5.92 Å². The first-order chi connectivity index (χ1) is 21.1. The summed E-state index contributed by atoms with van der Waals surface area (Å²) in [6, 6.07) is 48.3. The first kappa shape index (κ1) is 25.7. The van der Waals surface area contributed by atoms with Crippen LogP contribution in [0.4, 0.5) is 5.69 Å². The summed E-state index contributed by atoms with van der Waals surface area (Å²) in [5, 5.41) is 0. The van der Waals surface area contributed by atoms with Gasteiger partial charge in [-0.15, -0.1) is 0 Å². The molecule has 0 fully saturated rings. The number of rotatable bonds is 5. The number of nitrogens with zero attached hydrogens (tertiary/aromatic N) is 2. The summed E-state index contributed by atoms with van der Waals surface area (Å²) < 4.78 is 0. The monoisotopic (exact) mass is 554 g/mol. The molecule has 0 spiro atoms. The van der Waals surface area contributed by atoms with E-state index in [1.165, 1.54) is 44.7 Å². The Labute approximate surface area is 254 Å². The third kappa shape index (κ3) is 4.20. The Balaban J connectivity index is 1.36. The van der Waals surface area contributed by atoms with Crippen molar-refractivity contribution in [3.8, 4) is 11.1 Å². The van der Waals surface area contributed by atoms with Crippen LogP contribution in [0.2, 0.25) is 0 Å². The molecule has 2 aliphatic carbocycles. The van der Waals surface area contributed by atoms with Crippen LogP contribution in [0.5, 0.6) is 0 Å². The van der Waals surface area contributed by atoms with Gasteiger partial charge in [-0.2, -0.15) is 0 Å². The van der Waals surface area contributed by atoms with Crippen molar-refractivity contribution in [1.82, 2.24) is 0 Å². The second-order valence-corrected chi connectivity index (χ2v) is 12.4. The van der Waals surface area contributed by atoms with E-state index in [9.17, 15) is 0 Å². The molecular formula is C41H34N2. The summed E-state index contributed by atoms with van der Waals surface area (Å²) >= 11 is 0. The van der Waals surface area contributed by atoms with E-state index >= 15 is 0 Å². The smallest absolute Gasteiger partial charge is 0.145 e. The lowest BCUT2D eigenvalue weighted by atomic mass is 9.71. The molecule has 0 radical (unpaired) electrons. The van der Waals surface area contributed by atoms with Gasteiger partial charge in [-0.25, -0.2) is 0 Å². The average Bonchev–Trinajstić information content (AvgIpc) is 3.63. The lowest BCUT2D eigenvalue weighted by Crippen LogP contribution is -2.35. The highest BCUT2D eigenvalue weighted by Crippen LogP contribution is 2.57. The number of allylic oxidation sites excluding steroid dienone is 2. The van der Waals surface area contributed by atoms with E-state index in [0.717, 1.165) is 23.4 Å². The molecule has 0 aromatic heterocycles. The molecule has 3 aliphatic rings. The topological polar surface area (TPSA) is 15.6 Å². The van der Waals surface area contributed by atoms with Crippen LogP contribution in [-0.2, 0) is 11.8 Å². The normalized spacial score (nSPS) is 19.4. The number of fused-ring (bicyclic) bond motifs is 4. The van der Waals surface area contributed by atoms with Crippen LogP contribution in [0.25, 0.3) is 22.4 Å². The molecule has 0 amide bonds. The fourth-order valence-electron chi connectivity index (χ4n) is 7.41. The molecule has 0 bridgehead atoms. The largest absolute Gasteiger partial charge is 0.314 e. The van der Waals surface area contributed by atoms with Gasteiger partial charge in [-0.05, 0) is 81.0 Å². The Morgan fingerprint density at radius 1 is 0.628 bits per heavy atom. The molecule has 2 nitrogen and oxygen atoms in total. The second-order valence-electron chi connectivity index (χ2n) is 12.4. The molecular weight excluding hydrogens is 520 g/mol. The van der Waals surface area contributed by atoms with Crippen molar-refractivity contribution in [2.75, 3.05) is 4.90 Å². The molecule has 5 aromatic rings. The maximum atomic E-state index is 5.37. The molecule has 0 saturated carbocycles. The van der Waals surface area contributed by atoms with Crippen LogP contribution in [0.15, 0.2) is 151 Å². The summed E-state index contributed by atoms with van der Waals surface area (Å²) in [5.41, 5.74) is 14.0. The number of benzene rings is 5. The molecule has 208 valence electrons. The maximum Gasteiger partial charge on any atom is 0.145 e. The Morgan fingerprint density at radius 2 is 1.23 bits per heavy atom. The van der Waals surface area contributed by atoms with E-state index in [-0.39, 0.29) is 11.6 Å². The molecule has 43 heavy (non-hydrogen) atoms. The van der Waals surface area contributed by atoms with Crippen molar-refractivity contribution in [3.63, 3.8) is 0 Å². The van der Waals surface area contributed by atoms with Gasteiger partial charge in [0.05, 0.1) is 11.4 Å². The Morgan fingerprint density at radius 3 is 1.98 bits per heavy atom. The number of hydrogen-bond donors (Lipinski definition) is 0. The lowest BCUT2D eigenvalue weighted by molar-refractivity contribution is 0.408. The summed E-state index contributed by atoms with van der Waals surface area (Å²) in [6.07, 6.45) is 5.33. The molecule has 8 rings (SSSR count). The van der Waals surface area contributed by atoms with Crippen molar-refractivity contribution in [3.05, 3.63) is 173 Å². The molecule has 2 atom stereocenters. The molecule has 5 aromatic carbocycles. The quantitative estimate of drug-likeness (QED) is 0.211. The van der Waals surface area contributed by atoms with Crippen molar-refractivity contribution in [1.29, 1.82) is 0 Å². The Bertz CT molecular complexity index is 1910. The highest BCUT2D eigenvalue weighted by Gasteiger charge is 2.47. The summed E-state index contributed by atoms with van der Waals surface area (Å²) in [7, 11) is 0. The fraction of sp³-hybridized carbons (Fsp3) is 0.146. The molecule has 1 aliphatic heterocycles. The highest BCUT2D eigenvalue weighted by atomic mass is 15.3. The van der Waals surface area contributed by atoms with E-state index in [4.69, 9.17) is 4.99 Å². The van der Waals surface area contributed by atoms with Gasteiger partial charge in [0.1, 0.15) is 6.17 Å². The zero-order chi connectivity index (χ0) is 29.0. The van der Waals surface area contributed by atoms with E-state index in [1.54, 1.807) is 0 Å². The van der Waals surface area contributed by atoms with Gasteiger partial charge in [0.2, 0.25) is 0 Å². The van der Waals surface area contributed by atoms with Gasteiger partial charge in [0, 0.05) is 11.3 Å². The van der Waals surface area contributed by atoms with Gasteiger partial charge in [0.25, 0.3) is 0 Å². The zero-order valence-corrected chi connectivity index (χ0v) is 24.6. The predicted octanol–water partition coefficient (Wildman–Crippen LogP) is 9.58. The predicted molar refractivity (Wildman–Crippen MR) is 180 cm³/mol. The minimum atomic E-state index is -0.164. The second kappa shape index (κ2) is 10.1. The van der Waals surface area contributed by atoms with Crippen molar-refractivity contribution < 1.29 is 0 Å². The van der Waals surface area contributed by atoms with Crippen LogP contribution < -0.4 is 4.90 Å². The van der Waals surface area contributed by atoms with Crippen LogP contribution in [-0.4, -0.2) is 11.9 Å². The summed E-state index contributed by atoms with van der Waals surface area (Å²) in [6.45, 7) is 4.85. The van der Waals surface area contributed by atoms with E-state index < -0.39 is 0 Å². The van der Waals surface area contributed by atoms with Crippen molar-refractivity contribution >= 4 is 22.7 Å². The number of anilines is 1. The fourth-order valence-corrected chi connectivity index (χ4v) is 7.41. The SMILES string of the molecule is CC1(C)c2ccccc2C2=C(N(c3ccc(-c4ccccc4)cc3)C3C=CC(c4ccccc4)=N3)c3ccccc3CC21. The molecule has 1 heterocycles. The first-order valence-electron chi connectivity index (χ1n) is 15.3. The highest BCUT2D eigenvalue weighted by molar-refractivity contribution is 6.11. The molecule has 2 unspecified atom stereocenters. The van der Waals surface area contributed by atoms with Crippen LogP contribution in [0.3, 0.4) is 0 Å². The van der Waals surface area contributed by atoms with Gasteiger partial charge in [-0.3, -0.25) is 4.99 Å². The third-order valence-corrected chi connectivity index (χ3v) is 9.61. The van der Waals surface area contributed by atoms with E-state index in [1.807, 2.05) is 0 Å². The Kier molecular flexibility index (Phi) is 6.04. The molecule has 0 saturated heterocycles. The van der Waals surface area contributed by atoms with E-state index in [0.29, 0.717) is 5.92 Å². The van der Waals surface area contributed by atoms with Crippen LogP contribution in [0.1, 0.15) is 41.7 Å². The third-order valence-electron chi connectivity index (χ3n) is 9.61. The summed E-state index contributed by atoms with van der Waals surface area (Å²) in [4.78, 5) is 7.87. The lowest BCUT2D eigenvalue weighted by Gasteiger charge is -2.40. The number of hydrogen-bond acceptors (Lipinski definition) is 2.